The number of methoxy groups -OCH3 is 1. The molecular formula is C26H31N7O3. The zero-order valence-electron chi connectivity index (χ0n) is 20.7. The van der Waals surface area contributed by atoms with Crippen molar-refractivity contribution in [3.05, 3.63) is 75.0 Å². The molecule has 36 heavy (non-hydrogen) atoms. The molecule has 1 aliphatic rings. The molecule has 2 aromatic heterocycles. The highest BCUT2D eigenvalue weighted by molar-refractivity contribution is 5.95. The van der Waals surface area contributed by atoms with Gasteiger partial charge in [0.05, 0.1) is 7.11 Å². The minimum atomic E-state index is -0.345. The SMILES string of the molecule is COc1cccnc1C(=O)N1CCC(Nc2c(C=N)nc(NCc3ccc(C)c(C)c3)[nH]c2=O)CC1. The van der Waals surface area contributed by atoms with E-state index in [2.05, 4.69) is 51.6 Å². The molecule has 0 aliphatic carbocycles. The van der Waals surface area contributed by atoms with Crippen LogP contribution in [0.4, 0.5) is 11.6 Å². The van der Waals surface area contributed by atoms with Crippen molar-refractivity contribution in [1.82, 2.24) is 19.9 Å². The summed E-state index contributed by atoms with van der Waals surface area (Å²) in [5, 5.41) is 14.2. The zero-order chi connectivity index (χ0) is 25.7. The summed E-state index contributed by atoms with van der Waals surface area (Å²) in [5.74, 6) is 0.582. The first-order valence-electron chi connectivity index (χ1n) is 11.9. The normalized spacial score (nSPS) is 13.8. The summed E-state index contributed by atoms with van der Waals surface area (Å²) in [4.78, 5) is 38.8. The van der Waals surface area contributed by atoms with Crippen LogP contribution in [-0.2, 0) is 6.54 Å². The van der Waals surface area contributed by atoms with E-state index < -0.39 is 0 Å². The van der Waals surface area contributed by atoms with E-state index in [0.717, 1.165) is 11.8 Å². The predicted molar refractivity (Wildman–Crippen MR) is 139 cm³/mol. The molecule has 0 spiro atoms. The fourth-order valence-electron chi connectivity index (χ4n) is 4.21. The third-order valence-electron chi connectivity index (χ3n) is 6.44. The largest absolute Gasteiger partial charge is 0.494 e. The van der Waals surface area contributed by atoms with Gasteiger partial charge in [-0.2, -0.15) is 0 Å². The number of nitrogens with one attached hydrogen (secondary N) is 4. The van der Waals surface area contributed by atoms with Crippen LogP contribution in [-0.4, -0.2) is 58.2 Å². The van der Waals surface area contributed by atoms with Crippen molar-refractivity contribution in [3.8, 4) is 5.75 Å². The summed E-state index contributed by atoms with van der Waals surface area (Å²) in [7, 11) is 1.51. The van der Waals surface area contributed by atoms with E-state index in [1.54, 1.807) is 23.2 Å². The fourth-order valence-corrected chi connectivity index (χ4v) is 4.21. The van der Waals surface area contributed by atoms with Crippen LogP contribution < -0.4 is 20.9 Å². The van der Waals surface area contributed by atoms with Crippen LogP contribution in [0, 0.1) is 19.3 Å². The number of aryl methyl sites for hydroxylation is 2. The number of hydrogen-bond donors (Lipinski definition) is 4. The number of nitrogens with zero attached hydrogens (tertiary/aromatic N) is 3. The molecule has 1 aromatic carbocycles. The second kappa shape index (κ2) is 11.0. The van der Waals surface area contributed by atoms with Crippen LogP contribution in [0.5, 0.6) is 5.75 Å². The second-order valence-electron chi connectivity index (χ2n) is 8.86. The van der Waals surface area contributed by atoms with Gasteiger partial charge in [-0.15, -0.1) is 0 Å². The molecule has 0 saturated carbocycles. The van der Waals surface area contributed by atoms with E-state index in [9.17, 15) is 9.59 Å². The lowest BCUT2D eigenvalue weighted by Crippen LogP contribution is -2.43. The van der Waals surface area contributed by atoms with Gasteiger partial charge in [-0.3, -0.25) is 14.6 Å². The number of pyridine rings is 1. The molecule has 4 N–H and O–H groups in total. The second-order valence-corrected chi connectivity index (χ2v) is 8.86. The highest BCUT2D eigenvalue weighted by Gasteiger charge is 2.27. The lowest BCUT2D eigenvalue weighted by Gasteiger charge is -2.32. The van der Waals surface area contributed by atoms with Crippen LogP contribution in [0.25, 0.3) is 0 Å². The number of carbonyl (C=O) groups is 1. The summed E-state index contributed by atoms with van der Waals surface area (Å²) in [6.07, 6.45) is 3.93. The van der Waals surface area contributed by atoms with Crippen molar-refractivity contribution in [3.63, 3.8) is 0 Å². The fraction of sp³-hybridized carbons (Fsp3) is 0.346. The summed E-state index contributed by atoms with van der Waals surface area (Å²) < 4.78 is 5.26. The molecule has 0 unspecified atom stereocenters. The highest BCUT2D eigenvalue weighted by Crippen LogP contribution is 2.21. The summed E-state index contributed by atoms with van der Waals surface area (Å²) >= 11 is 0. The molecule has 1 amide bonds. The van der Waals surface area contributed by atoms with Gasteiger partial charge in [0, 0.05) is 38.1 Å². The maximum atomic E-state index is 12.9. The summed E-state index contributed by atoms with van der Waals surface area (Å²) in [6.45, 7) is 5.64. The number of hydrogen-bond acceptors (Lipinski definition) is 8. The lowest BCUT2D eigenvalue weighted by atomic mass is 10.0. The van der Waals surface area contributed by atoms with E-state index in [4.69, 9.17) is 10.1 Å². The number of piperidine rings is 1. The molecule has 0 atom stereocenters. The van der Waals surface area contributed by atoms with Gasteiger partial charge in [-0.25, -0.2) is 9.97 Å². The maximum Gasteiger partial charge on any atom is 0.276 e. The first kappa shape index (κ1) is 24.9. The minimum absolute atomic E-state index is 0.0318. The smallest absolute Gasteiger partial charge is 0.276 e. The van der Waals surface area contributed by atoms with Crippen LogP contribution in [0.1, 0.15) is 45.7 Å². The first-order valence-corrected chi connectivity index (χ1v) is 11.9. The molecule has 3 heterocycles. The Hall–Kier alpha value is -4.21. The number of benzene rings is 1. The van der Waals surface area contributed by atoms with Crippen molar-refractivity contribution < 1.29 is 9.53 Å². The average Bonchev–Trinajstić information content (AvgIpc) is 2.90. The van der Waals surface area contributed by atoms with Crippen LogP contribution in [0.2, 0.25) is 0 Å². The number of rotatable bonds is 8. The number of likely N-dealkylation sites (tertiary alicyclic amines) is 1. The van der Waals surface area contributed by atoms with E-state index in [1.165, 1.54) is 18.2 Å². The number of anilines is 2. The van der Waals surface area contributed by atoms with E-state index in [1.807, 2.05) is 6.07 Å². The third kappa shape index (κ3) is 5.54. The number of aromatic amines is 1. The molecule has 188 valence electrons. The van der Waals surface area contributed by atoms with E-state index in [-0.39, 0.29) is 28.9 Å². The van der Waals surface area contributed by atoms with Gasteiger partial charge in [-0.1, -0.05) is 18.2 Å². The van der Waals surface area contributed by atoms with Crippen LogP contribution in [0.3, 0.4) is 0 Å². The Labute approximate surface area is 209 Å². The van der Waals surface area contributed by atoms with Crippen molar-refractivity contribution >= 4 is 23.8 Å². The van der Waals surface area contributed by atoms with Gasteiger partial charge in [0.25, 0.3) is 11.5 Å². The molecule has 1 aliphatic heterocycles. The Kier molecular flexibility index (Phi) is 7.62. The molecule has 10 nitrogen and oxygen atoms in total. The van der Waals surface area contributed by atoms with Gasteiger partial charge < -0.3 is 25.7 Å². The molecule has 10 heteroatoms. The topological polar surface area (TPSA) is 136 Å². The Bertz CT molecular complexity index is 1310. The zero-order valence-corrected chi connectivity index (χ0v) is 20.7. The Morgan fingerprint density at radius 1 is 1.25 bits per heavy atom. The van der Waals surface area contributed by atoms with Gasteiger partial charge in [0.1, 0.15) is 17.1 Å². The van der Waals surface area contributed by atoms with E-state index >= 15 is 0 Å². The van der Waals surface area contributed by atoms with Crippen molar-refractivity contribution in [2.75, 3.05) is 30.8 Å². The predicted octanol–water partition coefficient (Wildman–Crippen LogP) is 3.12. The van der Waals surface area contributed by atoms with Gasteiger partial charge >= 0.3 is 0 Å². The molecule has 4 rings (SSSR count). The van der Waals surface area contributed by atoms with Crippen LogP contribution >= 0.6 is 0 Å². The number of aromatic nitrogens is 3. The minimum Gasteiger partial charge on any atom is -0.494 e. The average molecular weight is 490 g/mol. The summed E-state index contributed by atoms with van der Waals surface area (Å²) in [5.41, 5.74) is 3.96. The Balaban J connectivity index is 1.39. The number of H-pyrrole nitrogens is 1. The number of carbonyl (C=O) groups excluding carboxylic acids is 1. The van der Waals surface area contributed by atoms with Crippen molar-refractivity contribution in [2.45, 2.75) is 39.3 Å². The van der Waals surface area contributed by atoms with Crippen molar-refractivity contribution in [2.24, 2.45) is 0 Å². The molecule has 1 saturated heterocycles. The van der Waals surface area contributed by atoms with Crippen molar-refractivity contribution in [1.29, 1.82) is 5.41 Å². The maximum absolute atomic E-state index is 12.9. The summed E-state index contributed by atoms with van der Waals surface area (Å²) in [6, 6.07) is 9.59. The molecular weight excluding hydrogens is 458 g/mol. The first-order chi connectivity index (χ1) is 17.4. The standard InChI is InChI=1S/C26H31N7O3/c1-16-6-7-18(13-17(16)2)15-29-26-31-20(14-27)22(24(34)32-26)30-19-8-11-33(12-9-19)25(35)23-21(36-3)5-4-10-28-23/h4-7,10,13-14,19,27,30H,8-9,11-12,15H2,1-3H3,(H2,29,31,32,34). The third-order valence-corrected chi connectivity index (χ3v) is 6.44. The molecule has 1 fully saturated rings. The molecule has 0 radical (unpaired) electrons. The van der Waals surface area contributed by atoms with Gasteiger partial charge in [0.2, 0.25) is 5.95 Å². The van der Waals surface area contributed by atoms with Gasteiger partial charge in [0.15, 0.2) is 5.69 Å². The Morgan fingerprint density at radius 2 is 2.03 bits per heavy atom. The van der Waals surface area contributed by atoms with Gasteiger partial charge in [-0.05, 0) is 55.5 Å². The van der Waals surface area contributed by atoms with Crippen LogP contribution in [0.15, 0.2) is 41.3 Å². The molecule has 3 aromatic rings. The van der Waals surface area contributed by atoms with E-state index in [0.29, 0.717) is 49.9 Å². The lowest BCUT2D eigenvalue weighted by molar-refractivity contribution is 0.0708. The number of ether oxygens (including phenoxy) is 1. The monoisotopic (exact) mass is 489 g/mol. The number of amides is 1. The highest BCUT2D eigenvalue weighted by atomic mass is 16.5. The quantitative estimate of drug-likeness (QED) is 0.357. The molecule has 0 bridgehead atoms. The Morgan fingerprint density at radius 3 is 2.72 bits per heavy atom.